The molecule has 0 aliphatic carbocycles. The molecule has 0 aromatic rings. The van der Waals surface area contributed by atoms with Gasteiger partial charge < -0.3 is 0 Å². The first-order chi connectivity index (χ1) is 3.79. The average Bonchev–Trinajstić information content (AvgIpc) is 1.77. The predicted molar refractivity (Wildman–Crippen MR) is 38.7 cm³/mol. The largest absolute Gasteiger partial charge is 0.159 e. The average molecular weight is 128 g/mol. The molecule has 0 spiro atoms. The molecule has 0 saturated carbocycles. The van der Waals surface area contributed by atoms with Crippen molar-refractivity contribution in [2.45, 2.75) is 13.8 Å². The first-order valence-electron chi connectivity index (χ1n) is 2.49. The van der Waals surface area contributed by atoms with E-state index >= 15 is 0 Å². The van der Waals surface area contributed by atoms with Crippen LogP contribution in [0.4, 0.5) is 0 Å². The van der Waals surface area contributed by atoms with Crippen LogP contribution >= 0.6 is 11.8 Å². The van der Waals surface area contributed by atoms with Crippen LogP contribution in [-0.4, -0.2) is 16.5 Å². The Bertz CT molecular complexity index is 131. The number of nitrogens with zero attached hydrogens (tertiary/aromatic N) is 2. The van der Waals surface area contributed by atoms with Crippen LogP contribution in [0.25, 0.3) is 0 Å². The summed E-state index contributed by atoms with van der Waals surface area (Å²) in [5, 5.41) is 8.84. The van der Waals surface area contributed by atoms with Crippen molar-refractivity contribution >= 4 is 22.5 Å². The van der Waals surface area contributed by atoms with E-state index in [0.29, 0.717) is 0 Å². The zero-order chi connectivity index (χ0) is 5.98. The van der Waals surface area contributed by atoms with E-state index in [9.17, 15) is 0 Å². The molecule has 0 atom stereocenters. The van der Waals surface area contributed by atoms with Crippen molar-refractivity contribution in [2.24, 2.45) is 10.2 Å². The highest BCUT2D eigenvalue weighted by molar-refractivity contribution is 8.14. The number of hydrogen-bond acceptors (Lipinski definition) is 3. The minimum atomic E-state index is 1.01. The van der Waals surface area contributed by atoms with Crippen molar-refractivity contribution in [3.05, 3.63) is 0 Å². The summed E-state index contributed by atoms with van der Waals surface area (Å²) >= 11 is 1.75. The van der Waals surface area contributed by atoms with Crippen LogP contribution in [-0.2, 0) is 0 Å². The second-order valence-corrected chi connectivity index (χ2v) is 2.91. The Kier molecular flexibility index (Phi) is 1.68. The van der Waals surface area contributed by atoms with Crippen LogP contribution in [0.2, 0.25) is 0 Å². The first-order valence-corrected chi connectivity index (χ1v) is 3.48. The van der Waals surface area contributed by atoms with Gasteiger partial charge in [0.2, 0.25) is 0 Å². The highest BCUT2D eigenvalue weighted by Gasteiger charge is 1.99. The van der Waals surface area contributed by atoms with E-state index in [0.717, 1.165) is 16.5 Å². The van der Waals surface area contributed by atoms with E-state index in [1.54, 1.807) is 11.8 Å². The zero-order valence-corrected chi connectivity index (χ0v) is 5.83. The molecule has 1 aliphatic heterocycles. The molecule has 8 heavy (non-hydrogen) atoms. The topological polar surface area (TPSA) is 24.7 Å². The maximum absolute atomic E-state index is 3.89. The van der Waals surface area contributed by atoms with Gasteiger partial charge in [-0.15, -0.1) is 16.9 Å². The molecule has 3 heteroatoms. The summed E-state index contributed by atoms with van der Waals surface area (Å²) in [6, 6.07) is 0. The minimum Gasteiger partial charge on any atom is -0.159 e. The Morgan fingerprint density at radius 3 is 2.50 bits per heavy atom. The Hall–Kier alpha value is -0.310. The fraction of sp³-hybridized carbons (Fsp3) is 0.600. The lowest BCUT2D eigenvalue weighted by atomic mass is 10.5. The molecule has 44 valence electrons. The van der Waals surface area contributed by atoms with Gasteiger partial charge in [-0.3, -0.25) is 0 Å². The molecule has 0 amide bonds. The molecule has 0 aromatic carbocycles. The molecular formula is C5H8N2S. The lowest BCUT2D eigenvalue weighted by Crippen LogP contribution is -2.02. The quantitative estimate of drug-likeness (QED) is 0.485. The predicted octanol–water partition coefficient (Wildman–Crippen LogP) is 1.53. The molecule has 0 radical (unpaired) electrons. The molecule has 0 unspecified atom stereocenters. The van der Waals surface area contributed by atoms with Crippen LogP contribution in [0.5, 0.6) is 0 Å². The standard InChI is InChI=1S/C5H8N2S/c1-4-3-8-5(2)7-6-4/h3H2,1-2H3. The lowest BCUT2D eigenvalue weighted by molar-refractivity contribution is 1.22. The van der Waals surface area contributed by atoms with E-state index in [4.69, 9.17) is 0 Å². The van der Waals surface area contributed by atoms with E-state index in [1.807, 2.05) is 13.8 Å². The molecule has 1 heterocycles. The maximum atomic E-state index is 3.89. The first kappa shape index (κ1) is 5.82. The zero-order valence-electron chi connectivity index (χ0n) is 5.01. The Morgan fingerprint density at radius 2 is 2.12 bits per heavy atom. The van der Waals surface area contributed by atoms with Crippen molar-refractivity contribution in [3.8, 4) is 0 Å². The van der Waals surface area contributed by atoms with Gasteiger partial charge in [0, 0.05) is 11.5 Å². The third-order valence-electron chi connectivity index (χ3n) is 0.851. The summed E-state index contributed by atoms with van der Waals surface area (Å²) < 4.78 is 0. The summed E-state index contributed by atoms with van der Waals surface area (Å²) in [6.07, 6.45) is 0. The molecule has 0 N–H and O–H groups in total. The van der Waals surface area contributed by atoms with Gasteiger partial charge in [-0.1, -0.05) is 0 Å². The number of thioether (sulfide) groups is 1. The maximum Gasteiger partial charge on any atom is 0.0931 e. The van der Waals surface area contributed by atoms with Gasteiger partial charge in [0.1, 0.15) is 0 Å². The summed E-state index contributed by atoms with van der Waals surface area (Å²) in [4.78, 5) is 0. The highest BCUT2D eigenvalue weighted by atomic mass is 32.2. The molecule has 2 nitrogen and oxygen atoms in total. The van der Waals surface area contributed by atoms with Gasteiger partial charge >= 0.3 is 0 Å². The Labute approximate surface area is 53.1 Å². The second-order valence-electron chi connectivity index (χ2n) is 1.74. The summed E-state index contributed by atoms with van der Waals surface area (Å²) in [5.74, 6) is 1.01. The van der Waals surface area contributed by atoms with Gasteiger partial charge in [-0.2, -0.15) is 5.10 Å². The summed E-state index contributed by atoms with van der Waals surface area (Å²) in [5.41, 5.74) is 1.11. The van der Waals surface area contributed by atoms with Crippen LogP contribution in [0.15, 0.2) is 10.2 Å². The SMILES string of the molecule is CC1=NN=C(C)SC1. The van der Waals surface area contributed by atoms with Gasteiger partial charge in [0.05, 0.1) is 5.04 Å². The summed E-state index contributed by atoms with van der Waals surface area (Å²) in [7, 11) is 0. The fourth-order valence-corrected chi connectivity index (χ4v) is 0.996. The molecule has 1 aliphatic rings. The van der Waals surface area contributed by atoms with Crippen molar-refractivity contribution in [3.63, 3.8) is 0 Å². The van der Waals surface area contributed by atoms with Crippen molar-refractivity contribution in [2.75, 3.05) is 5.75 Å². The van der Waals surface area contributed by atoms with Crippen molar-refractivity contribution in [1.29, 1.82) is 0 Å². The van der Waals surface area contributed by atoms with Crippen LogP contribution in [0.3, 0.4) is 0 Å². The number of hydrogen-bond donors (Lipinski definition) is 0. The van der Waals surface area contributed by atoms with Crippen LogP contribution in [0, 0.1) is 0 Å². The van der Waals surface area contributed by atoms with Gasteiger partial charge in [0.15, 0.2) is 0 Å². The van der Waals surface area contributed by atoms with Crippen molar-refractivity contribution < 1.29 is 0 Å². The third kappa shape index (κ3) is 1.33. The fourth-order valence-electron chi connectivity index (χ4n) is 0.422. The molecule has 0 saturated heterocycles. The van der Waals surface area contributed by atoms with Gasteiger partial charge in [-0.25, -0.2) is 0 Å². The molecule has 1 rings (SSSR count). The molecular weight excluding hydrogens is 120 g/mol. The molecule has 0 bridgehead atoms. The monoisotopic (exact) mass is 128 g/mol. The molecule has 0 fully saturated rings. The van der Waals surface area contributed by atoms with E-state index in [1.165, 1.54) is 0 Å². The molecule has 0 aromatic heterocycles. The van der Waals surface area contributed by atoms with Gasteiger partial charge in [-0.05, 0) is 13.8 Å². The Balaban J connectivity index is 2.65. The van der Waals surface area contributed by atoms with E-state index in [-0.39, 0.29) is 0 Å². The highest BCUT2D eigenvalue weighted by Crippen LogP contribution is 2.08. The van der Waals surface area contributed by atoms with Crippen LogP contribution in [0.1, 0.15) is 13.8 Å². The second kappa shape index (κ2) is 2.31. The normalized spacial score (nSPS) is 19.8. The van der Waals surface area contributed by atoms with Gasteiger partial charge in [0.25, 0.3) is 0 Å². The van der Waals surface area contributed by atoms with E-state index < -0.39 is 0 Å². The number of rotatable bonds is 0. The van der Waals surface area contributed by atoms with E-state index in [2.05, 4.69) is 10.2 Å². The Morgan fingerprint density at radius 1 is 1.38 bits per heavy atom. The minimum absolute atomic E-state index is 1.01. The summed E-state index contributed by atoms with van der Waals surface area (Å²) in [6.45, 7) is 3.96. The van der Waals surface area contributed by atoms with Crippen LogP contribution < -0.4 is 0 Å². The lowest BCUT2D eigenvalue weighted by Gasteiger charge is -2.02. The smallest absolute Gasteiger partial charge is 0.0931 e. The van der Waals surface area contributed by atoms with Crippen molar-refractivity contribution in [1.82, 2.24) is 0 Å². The third-order valence-corrected chi connectivity index (χ3v) is 1.91.